The molecular formula is C17H18Cl2N2O3S. The molecule has 5 nitrogen and oxygen atoms in total. The average Bonchev–Trinajstić information content (AvgIpc) is 2.59. The van der Waals surface area contributed by atoms with Crippen LogP contribution in [-0.2, 0) is 10.0 Å². The number of halogens is 2. The summed E-state index contributed by atoms with van der Waals surface area (Å²) in [5.41, 5.74) is 1.30. The van der Waals surface area contributed by atoms with Crippen molar-refractivity contribution in [3.8, 4) is 0 Å². The monoisotopic (exact) mass is 400 g/mol. The Hall–Kier alpha value is -1.76. The highest BCUT2D eigenvalue weighted by molar-refractivity contribution is 7.92. The van der Waals surface area contributed by atoms with Gasteiger partial charge < -0.3 is 5.32 Å². The van der Waals surface area contributed by atoms with E-state index in [4.69, 9.17) is 23.2 Å². The van der Waals surface area contributed by atoms with Crippen molar-refractivity contribution in [2.45, 2.75) is 13.8 Å². The summed E-state index contributed by atoms with van der Waals surface area (Å²) in [5.74, 6) is -0.354. The van der Waals surface area contributed by atoms with Crippen molar-refractivity contribution in [3.05, 3.63) is 58.1 Å². The molecule has 2 rings (SSSR count). The van der Waals surface area contributed by atoms with Crippen molar-refractivity contribution in [2.75, 3.05) is 21.9 Å². The fourth-order valence-electron chi connectivity index (χ4n) is 2.26. The molecule has 0 spiro atoms. The van der Waals surface area contributed by atoms with Gasteiger partial charge in [-0.2, -0.15) is 0 Å². The largest absolute Gasteiger partial charge is 0.321 e. The van der Waals surface area contributed by atoms with Crippen molar-refractivity contribution >= 4 is 50.5 Å². The lowest BCUT2D eigenvalue weighted by molar-refractivity contribution is 0.102. The van der Waals surface area contributed by atoms with Gasteiger partial charge in [0, 0.05) is 17.1 Å². The molecule has 0 heterocycles. The number of nitrogens with one attached hydrogen (secondary N) is 1. The summed E-state index contributed by atoms with van der Waals surface area (Å²) in [4.78, 5) is 12.3. The van der Waals surface area contributed by atoms with E-state index in [9.17, 15) is 13.2 Å². The SMILES string of the molecule is CCN(c1ccc(C(=O)Nc2cc(Cl)ccc2Cl)cc1)S(=O)(=O)CC. The topological polar surface area (TPSA) is 66.5 Å². The minimum Gasteiger partial charge on any atom is -0.321 e. The van der Waals surface area contributed by atoms with Crippen LogP contribution >= 0.6 is 23.2 Å². The van der Waals surface area contributed by atoms with Crippen LogP contribution in [0.4, 0.5) is 11.4 Å². The molecule has 0 saturated carbocycles. The van der Waals surface area contributed by atoms with Gasteiger partial charge in [0.25, 0.3) is 5.91 Å². The second-order valence-electron chi connectivity index (χ2n) is 5.19. The number of amides is 1. The van der Waals surface area contributed by atoms with Crippen molar-refractivity contribution in [3.63, 3.8) is 0 Å². The molecule has 0 saturated heterocycles. The number of sulfonamides is 1. The Morgan fingerprint density at radius 1 is 1.08 bits per heavy atom. The maximum Gasteiger partial charge on any atom is 0.255 e. The van der Waals surface area contributed by atoms with Gasteiger partial charge in [-0.05, 0) is 56.3 Å². The van der Waals surface area contributed by atoms with Gasteiger partial charge in [0.05, 0.1) is 22.2 Å². The van der Waals surface area contributed by atoms with Gasteiger partial charge in [-0.25, -0.2) is 8.42 Å². The van der Waals surface area contributed by atoms with E-state index < -0.39 is 10.0 Å². The average molecular weight is 401 g/mol. The molecule has 0 fully saturated rings. The fourth-order valence-corrected chi connectivity index (χ4v) is 3.75. The van der Waals surface area contributed by atoms with E-state index in [0.29, 0.717) is 33.5 Å². The first kappa shape index (κ1) is 19.6. The number of carbonyl (C=O) groups excluding carboxylic acids is 1. The number of carbonyl (C=O) groups is 1. The first-order valence-electron chi connectivity index (χ1n) is 7.65. The third kappa shape index (κ3) is 4.66. The Kier molecular flexibility index (Phi) is 6.32. The number of anilines is 2. The first-order valence-corrected chi connectivity index (χ1v) is 10.0. The molecule has 0 aromatic heterocycles. The molecule has 0 atom stereocenters. The van der Waals surface area contributed by atoms with Crippen LogP contribution in [0, 0.1) is 0 Å². The van der Waals surface area contributed by atoms with Gasteiger partial charge in [0.1, 0.15) is 0 Å². The highest BCUT2D eigenvalue weighted by Crippen LogP contribution is 2.26. The van der Waals surface area contributed by atoms with Crippen molar-refractivity contribution in [1.82, 2.24) is 0 Å². The quantitative estimate of drug-likeness (QED) is 0.779. The Bertz CT molecular complexity index is 868. The molecule has 8 heteroatoms. The Balaban J connectivity index is 2.21. The van der Waals surface area contributed by atoms with E-state index in [2.05, 4.69) is 5.32 Å². The van der Waals surface area contributed by atoms with Crippen molar-refractivity contribution in [2.24, 2.45) is 0 Å². The lowest BCUT2D eigenvalue weighted by Gasteiger charge is -2.22. The summed E-state index contributed by atoms with van der Waals surface area (Å²) in [6.45, 7) is 3.67. The number of rotatable bonds is 6. The van der Waals surface area contributed by atoms with Gasteiger partial charge in [-0.15, -0.1) is 0 Å². The van der Waals surface area contributed by atoms with Gasteiger partial charge >= 0.3 is 0 Å². The third-order valence-electron chi connectivity index (χ3n) is 3.58. The minimum absolute atomic E-state index is 0.0103. The van der Waals surface area contributed by atoms with Gasteiger partial charge in [0.2, 0.25) is 10.0 Å². The van der Waals surface area contributed by atoms with Crippen LogP contribution in [0.2, 0.25) is 10.0 Å². The molecular weight excluding hydrogens is 383 g/mol. The molecule has 0 aliphatic carbocycles. The van der Waals surface area contributed by atoms with E-state index in [1.807, 2.05) is 0 Å². The molecule has 1 amide bonds. The zero-order valence-corrected chi connectivity index (χ0v) is 16.1. The highest BCUT2D eigenvalue weighted by Gasteiger charge is 2.19. The van der Waals surface area contributed by atoms with Gasteiger partial charge in [0.15, 0.2) is 0 Å². The summed E-state index contributed by atoms with van der Waals surface area (Å²) < 4.78 is 25.5. The van der Waals surface area contributed by atoms with Crippen molar-refractivity contribution in [1.29, 1.82) is 0 Å². The van der Waals surface area contributed by atoms with E-state index in [0.717, 1.165) is 0 Å². The lowest BCUT2D eigenvalue weighted by Crippen LogP contribution is -2.32. The van der Waals surface area contributed by atoms with Crippen LogP contribution in [0.25, 0.3) is 0 Å². The second-order valence-corrected chi connectivity index (χ2v) is 8.22. The van der Waals surface area contributed by atoms with E-state index in [1.165, 1.54) is 4.31 Å². The molecule has 0 aliphatic rings. The summed E-state index contributed by atoms with van der Waals surface area (Å²) >= 11 is 11.9. The third-order valence-corrected chi connectivity index (χ3v) is 6.02. The first-order chi connectivity index (χ1) is 11.8. The molecule has 25 heavy (non-hydrogen) atoms. The zero-order valence-electron chi connectivity index (χ0n) is 13.8. The van der Waals surface area contributed by atoms with Gasteiger partial charge in [-0.1, -0.05) is 23.2 Å². The van der Waals surface area contributed by atoms with Crippen molar-refractivity contribution < 1.29 is 13.2 Å². The second kappa shape index (κ2) is 8.08. The summed E-state index contributed by atoms with van der Waals surface area (Å²) in [7, 11) is -3.35. The molecule has 2 aromatic carbocycles. The standard InChI is InChI=1S/C17H18Cl2N2O3S/c1-3-21(25(23,24)4-2)14-8-5-12(6-9-14)17(22)20-16-11-13(18)7-10-15(16)19/h5-11H,3-4H2,1-2H3,(H,20,22). The normalized spacial score (nSPS) is 11.2. The lowest BCUT2D eigenvalue weighted by atomic mass is 10.2. The molecule has 1 N–H and O–H groups in total. The Labute approximate surface area is 157 Å². The van der Waals surface area contributed by atoms with Crippen LogP contribution in [0.1, 0.15) is 24.2 Å². The molecule has 2 aromatic rings. The smallest absolute Gasteiger partial charge is 0.255 e. The van der Waals surface area contributed by atoms with E-state index in [1.54, 1.807) is 56.3 Å². The van der Waals surface area contributed by atoms with E-state index >= 15 is 0 Å². The molecule has 134 valence electrons. The Morgan fingerprint density at radius 3 is 2.28 bits per heavy atom. The van der Waals surface area contributed by atoms with Crippen LogP contribution in [0.5, 0.6) is 0 Å². The predicted molar refractivity (Wildman–Crippen MR) is 103 cm³/mol. The van der Waals surface area contributed by atoms with Crippen LogP contribution in [-0.4, -0.2) is 26.6 Å². The minimum atomic E-state index is -3.35. The van der Waals surface area contributed by atoms with E-state index in [-0.39, 0.29) is 11.7 Å². The van der Waals surface area contributed by atoms with Gasteiger partial charge in [-0.3, -0.25) is 9.10 Å². The summed E-state index contributed by atoms with van der Waals surface area (Å²) in [5, 5.41) is 3.52. The maximum atomic E-state index is 12.3. The molecule has 0 aliphatic heterocycles. The maximum absolute atomic E-state index is 12.3. The predicted octanol–water partition coefficient (Wildman–Crippen LogP) is 4.42. The number of benzene rings is 2. The number of nitrogens with zero attached hydrogens (tertiary/aromatic N) is 1. The number of hydrogen-bond acceptors (Lipinski definition) is 3. The molecule has 0 radical (unpaired) electrons. The van der Waals surface area contributed by atoms with Crippen LogP contribution < -0.4 is 9.62 Å². The zero-order chi connectivity index (χ0) is 18.6. The molecule has 0 unspecified atom stereocenters. The fraction of sp³-hybridized carbons (Fsp3) is 0.235. The molecule has 0 bridgehead atoms. The Morgan fingerprint density at radius 2 is 1.72 bits per heavy atom. The van der Waals surface area contributed by atoms with Crippen LogP contribution in [0.3, 0.4) is 0 Å². The summed E-state index contributed by atoms with van der Waals surface area (Å²) in [6.07, 6.45) is 0. The van der Waals surface area contributed by atoms with Crippen LogP contribution in [0.15, 0.2) is 42.5 Å². The highest BCUT2D eigenvalue weighted by atomic mass is 35.5. The number of hydrogen-bond donors (Lipinski definition) is 1. The summed E-state index contributed by atoms with van der Waals surface area (Å²) in [6, 6.07) is 11.1.